The maximum Gasteiger partial charge on any atom is 0.167 e. The predicted molar refractivity (Wildman–Crippen MR) is 102 cm³/mol. The number of hydrogen-bond donors (Lipinski definition) is 4. The Morgan fingerprint density at radius 1 is 1.14 bits per heavy atom. The van der Waals surface area contributed by atoms with Crippen molar-refractivity contribution in [3.8, 4) is 0 Å². The number of nitrogens with zero attached hydrogens (tertiary/aromatic N) is 4. The van der Waals surface area contributed by atoms with E-state index < -0.39 is 24.5 Å². The molecule has 0 aliphatic carbocycles. The minimum Gasteiger partial charge on any atom is -0.394 e. The molecule has 1 fully saturated rings. The third kappa shape index (κ3) is 3.33. The fourth-order valence-corrected chi connectivity index (χ4v) is 3.48. The lowest BCUT2D eigenvalue weighted by molar-refractivity contribution is -0.0511. The normalized spacial score (nSPS) is 24.7. The first-order valence-corrected chi connectivity index (χ1v) is 9.18. The average molecular weight is 385 g/mol. The molecule has 0 radical (unpaired) electrons. The summed E-state index contributed by atoms with van der Waals surface area (Å²) in [5, 5.41) is 32.8. The zero-order valence-corrected chi connectivity index (χ0v) is 15.4. The van der Waals surface area contributed by atoms with Crippen LogP contribution in [0.5, 0.6) is 0 Å². The lowest BCUT2D eigenvalue weighted by Gasteiger charge is -2.16. The molecule has 148 valence electrons. The van der Waals surface area contributed by atoms with Crippen LogP contribution < -0.4 is 5.32 Å². The van der Waals surface area contributed by atoms with Crippen LogP contribution in [0.4, 0.5) is 5.82 Å². The van der Waals surface area contributed by atoms with Crippen LogP contribution in [0.3, 0.4) is 0 Å². The van der Waals surface area contributed by atoms with E-state index in [0.717, 1.165) is 6.42 Å². The second-order valence-corrected chi connectivity index (χ2v) is 6.88. The number of fused-ring (bicyclic) bond motifs is 1. The average Bonchev–Trinajstić information content (AvgIpc) is 3.25. The first-order chi connectivity index (χ1) is 13.6. The molecule has 1 aliphatic heterocycles. The highest BCUT2D eigenvalue weighted by Gasteiger charge is 2.44. The van der Waals surface area contributed by atoms with Crippen LogP contribution in [0, 0.1) is 6.92 Å². The number of nitrogens with one attached hydrogen (secondary N) is 1. The van der Waals surface area contributed by atoms with Gasteiger partial charge in [-0.1, -0.05) is 24.3 Å². The molecular weight excluding hydrogens is 362 g/mol. The van der Waals surface area contributed by atoms with Gasteiger partial charge in [0, 0.05) is 6.54 Å². The van der Waals surface area contributed by atoms with E-state index in [-0.39, 0.29) is 6.61 Å². The van der Waals surface area contributed by atoms with Crippen molar-refractivity contribution in [1.82, 2.24) is 19.5 Å². The predicted octanol–water partition coefficient (Wildman–Crippen LogP) is 0.401. The van der Waals surface area contributed by atoms with E-state index in [1.54, 1.807) is 4.57 Å². The molecule has 1 aliphatic rings. The van der Waals surface area contributed by atoms with Gasteiger partial charge in [0.05, 0.1) is 12.9 Å². The number of aromatic nitrogens is 4. The van der Waals surface area contributed by atoms with E-state index in [2.05, 4.69) is 39.3 Å². The van der Waals surface area contributed by atoms with Crippen molar-refractivity contribution in [3.63, 3.8) is 0 Å². The number of ether oxygens (including phenoxy) is 1. The standard InChI is InChI=1S/C19H23N5O4/c1-11-4-2-3-5-12(11)6-7-20-17-14-18(22-9-21-17)24(10-23-14)19-16(27)15(26)13(8-25)28-19/h2-5,9-10,13,15-16,19,25-27H,6-8H2,1H3,(H,20,21,22)/t13-,15-,16-,19?/m1/s1. The topological polar surface area (TPSA) is 126 Å². The van der Waals surface area contributed by atoms with Crippen LogP contribution in [-0.2, 0) is 11.2 Å². The molecular formula is C19H23N5O4. The van der Waals surface area contributed by atoms with Crippen molar-refractivity contribution in [3.05, 3.63) is 48.0 Å². The number of benzene rings is 1. The molecule has 3 heterocycles. The minimum atomic E-state index is -1.19. The third-order valence-electron chi connectivity index (χ3n) is 5.10. The molecule has 1 aromatic carbocycles. The number of aliphatic hydroxyl groups is 3. The lowest BCUT2D eigenvalue weighted by Crippen LogP contribution is -2.33. The van der Waals surface area contributed by atoms with Crippen molar-refractivity contribution in [2.45, 2.75) is 37.9 Å². The van der Waals surface area contributed by atoms with Gasteiger partial charge in [-0.2, -0.15) is 0 Å². The molecule has 2 aromatic heterocycles. The molecule has 9 heteroatoms. The highest BCUT2D eigenvalue weighted by Crippen LogP contribution is 2.32. The zero-order chi connectivity index (χ0) is 19.7. The molecule has 1 saturated heterocycles. The number of rotatable bonds is 6. The second-order valence-electron chi connectivity index (χ2n) is 6.88. The van der Waals surface area contributed by atoms with Crippen molar-refractivity contribution in [2.75, 3.05) is 18.5 Å². The molecule has 3 aromatic rings. The second kappa shape index (κ2) is 7.80. The summed E-state index contributed by atoms with van der Waals surface area (Å²) >= 11 is 0. The van der Waals surface area contributed by atoms with Crippen LogP contribution in [0.1, 0.15) is 17.4 Å². The SMILES string of the molecule is Cc1ccccc1CCNc1ncnc2c1ncn2C1O[C@H](CO)[C@@H](O)[C@H]1O. The van der Waals surface area contributed by atoms with E-state index in [4.69, 9.17) is 4.74 Å². The van der Waals surface area contributed by atoms with E-state index in [0.29, 0.717) is 23.5 Å². The van der Waals surface area contributed by atoms with Crippen molar-refractivity contribution in [1.29, 1.82) is 0 Å². The zero-order valence-electron chi connectivity index (χ0n) is 15.4. The number of hydrogen-bond acceptors (Lipinski definition) is 8. The van der Waals surface area contributed by atoms with Crippen LogP contribution in [0.15, 0.2) is 36.9 Å². The largest absolute Gasteiger partial charge is 0.394 e. The summed E-state index contributed by atoms with van der Waals surface area (Å²) in [6.07, 6.45) is -0.362. The number of aliphatic hydroxyl groups excluding tert-OH is 3. The van der Waals surface area contributed by atoms with Gasteiger partial charge in [0.15, 0.2) is 23.2 Å². The summed E-state index contributed by atoms with van der Waals surface area (Å²) in [5.74, 6) is 0.587. The van der Waals surface area contributed by atoms with Gasteiger partial charge >= 0.3 is 0 Å². The summed E-state index contributed by atoms with van der Waals surface area (Å²) in [6.45, 7) is 2.38. The maximum atomic E-state index is 10.3. The van der Waals surface area contributed by atoms with Crippen LogP contribution in [0.25, 0.3) is 11.2 Å². The Balaban J connectivity index is 1.53. The maximum absolute atomic E-state index is 10.3. The Morgan fingerprint density at radius 3 is 2.71 bits per heavy atom. The monoisotopic (exact) mass is 385 g/mol. The van der Waals surface area contributed by atoms with Gasteiger partial charge in [0.1, 0.15) is 24.6 Å². The smallest absolute Gasteiger partial charge is 0.167 e. The molecule has 4 rings (SSSR count). The van der Waals surface area contributed by atoms with Gasteiger partial charge in [-0.3, -0.25) is 4.57 Å². The summed E-state index contributed by atoms with van der Waals surface area (Å²) in [7, 11) is 0. The van der Waals surface area contributed by atoms with E-state index in [1.807, 2.05) is 12.1 Å². The van der Waals surface area contributed by atoms with E-state index in [1.165, 1.54) is 23.8 Å². The Hall–Kier alpha value is -2.59. The third-order valence-corrected chi connectivity index (χ3v) is 5.10. The first kappa shape index (κ1) is 18.8. The van der Waals surface area contributed by atoms with Gasteiger partial charge in [-0.25, -0.2) is 15.0 Å². The first-order valence-electron chi connectivity index (χ1n) is 9.18. The van der Waals surface area contributed by atoms with Crippen molar-refractivity contribution < 1.29 is 20.1 Å². The van der Waals surface area contributed by atoms with E-state index >= 15 is 0 Å². The number of anilines is 1. The van der Waals surface area contributed by atoms with Gasteiger partial charge in [0.2, 0.25) is 0 Å². The minimum absolute atomic E-state index is 0.387. The van der Waals surface area contributed by atoms with Crippen LogP contribution in [-0.4, -0.2) is 66.3 Å². The van der Waals surface area contributed by atoms with Gasteiger partial charge in [-0.05, 0) is 24.5 Å². The Labute approximate surface area is 161 Å². The summed E-state index contributed by atoms with van der Waals surface area (Å²) in [5.41, 5.74) is 3.52. The van der Waals surface area contributed by atoms with Gasteiger partial charge in [-0.15, -0.1) is 0 Å². The van der Waals surface area contributed by atoms with Gasteiger partial charge in [0.25, 0.3) is 0 Å². The summed E-state index contributed by atoms with van der Waals surface area (Å²) in [4.78, 5) is 12.9. The molecule has 0 spiro atoms. The molecule has 28 heavy (non-hydrogen) atoms. The summed E-state index contributed by atoms with van der Waals surface area (Å²) in [6, 6.07) is 8.22. The fraction of sp³-hybridized carbons (Fsp3) is 0.421. The lowest BCUT2D eigenvalue weighted by atomic mass is 10.1. The number of aryl methyl sites for hydroxylation is 1. The van der Waals surface area contributed by atoms with E-state index in [9.17, 15) is 15.3 Å². The van der Waals surface area contributed by atoms with Crippen molar-refractivity contribution in [2.24, 2.45) is 0 Å². The Kier molecular flexibility index (Phi) is 5.23. The summed E-state index contributed by atoms with van der Waals surface area (Å²) < 4.78 is 7.12. The van der Waals surface area contributed by atoms with Crippen LogP contribution in [0.2, 0.25) is 0 Å². The molecule has 0 saturated carbocycles. The molecule has 0 bridgehead atoms. The van der Waals surface area contributed by atoms with Crippen molar-refractivity contribution >= 4 is 17.0 Å². The molecule has 9 nitrogen and oxygen atoms in total. The molecule has 4 N–H and O–H groups in total. The van der Waals surface area contributed by atoms with Crippen LogP contribution >= 0.6 is 0 Å². The number of imidazole rings is 1. The highest BCUT2D eigenvalue weighted by molar-refractivity contribution is 5.82. The fourth-order valence-electron chi connectivity index (χ4n) is 3.48. The molecule has 0 amide bonds. The highest BCUT2D eigenvalue weighted by atomic mass is 16.6. The Morgan fingerprint density at radius 2 is 1.96 bits per heavy atom. The molecule has 4 atom stereocenters. The quantitative estimate of drug-likeness (QED) is 0.481. The van der Waals surface area contributed by atoms with Gasteiger partial charge < -0.3 is 25.4 Å². The Bertz CT molecular complexity index is 962. The molecule has 1 unspecified atom stereocenters.